The van der Waals surface area contributed by atoms with Crippen molar-refractivity contribution in [3.63, 3.8) is 0 Å². The van der Waals surface area contributed by atoms with E-state index in [0.29, 0.717) is 5.56 Å². The van der Waals surface area contributed by atoms with Gasteiger partial charge in [-0.05, 0) is 0 Å². The first-order chi connectivity index (χ1) is 17.4. The Balaban J connectivity index is 2.14. The van der Waals surface area contributed by atoms with Crippen molar-refractivity contribution in [1.82, 2.24) is 0 Å². The third-order valence-electron chi connectivity index (χ3n) is 6.53. The first-order valence-corrected chi connectivity index (χ1v) is 16.0. The van der Waals surface area contributed by atoms with Crippen LogP contribution < -0.4 is 15.9 Å². The third-order valence-corrected chi connectivity index (χ3v) is 17.2. The molecule has 0 bridgehead atoms. The van der Waals surface area contributed by atoms with Crippen LogP contribution in [0, 0.1) is 10.1 Å². The van der Waals surface area contributed by atoms with Gasteiger partial charge in [-0.1, -0.05) is 0 Å². The van der Waals surface area contributed by atoms with Gasteiger partial charge in [-0.3, -0.25) is 0 Å². The second-order valence-electron chi connectivity index (χ2n) is 8.44. The summed E-state index contributed by atoms with van der Waals surface area (Å²) < 4.78 is 5.71. The van der Waals surface area contributed by atoms with Gasteiger partial charge in [0.2, 0.25) is 0 Å². The predicted molar refractivity (Wildman–Crippen MR) is 151 cm³/mol. The Hall–Kier alpha value is -3.34. The van der Waals surface area contributed by atoms with Crippen LogP contribution in [-0.4, -0.2) is 23.2 Å². The van der Waals surface area contributed by atoms with Gasteiger partial charge < -0.3 is 0 Å². The molecule has 0 aliphatic carbocycles. The Morgan fingerprint density at radius 3 is 1.64 bits per heavy atom. The summed E-state index contributed by atoms with van der Waals surface area (Å²) in [6.45, 7) is 1.97. The quantitative estimate of drug-likeness (QED) is 0.110. The molecule has 7 heteroatoms. The molecule has 4 aromatic rings. The molecule has 5 nitrogen and oxygen atoms in total. The number of carbonyl (C=O) groups excluding carboxylic acids is 1. The molecule has 4 aromatic carbocycles. The van der Waals surface area contributed by atoms with Crippen LogP contribution in [0.1, 0.15) is 12.5 Å². The summed E-state index contributed by atoms with van der Waals surface area (Å²) >= 11 is 4.33. The zero-order valence-corrected chi connectivity index (χ0v) is 22.3. The minimum absolute atomic E-state index is 0.0152. The number of carbonyl (C=O) groups is 1. The number of benzene rings is 4. The Bertz CT molecular complexity index is 1250. The fourth-order valence-electron chi connectivity index (χ4n) is 4.91. The minimum atomic E-state index is -3.81. The number of nitro groups is 1. The molecule has 36 heavy (non-hydrogen) atoms. The predicted octanol–water partition coefficient (Wildman–Crippen LogP) is 5.91. The standard InChI is InChI=1S/C29H27BrNO4P/c1-2-35-29(32)28(22-23-14-12-13-21-27(23)31(33)34)36(30,24-15-6-3-7-16-24,25-17-8-4-9-18-25)26-19-10-5-11-20-26/h3-21,28H,2,22H2,1H3. The van der Waals surface area contributed by atoms with Crippen LogP contribution in [0.5, 0.6) is 0 Å². The molecule has 0 amide bonds. The molecular formula is C29H27BrNO4P. The summed E-state index contributed by atoms with van der Waals surface area (Å²) in [5.74, 6) is -0.401. The van der Waals surface area contributed by atoms with Crippen LogP contribution in [-0.2, 0) is 16.0 Å². The van der Waals surface area contributed by atoms with Gasteiger partial charge in [0.25, 0.3) is 0 Å². The van der Waals surface area contributed by atoms with Crippen molar-refractivity contribution >= 4 is 48.4 Å². The van der Waals surface area contributed by atoms with E-state index < -0.39 is 21.9 Å². The van der Waals surface area contributed by atoms with Crippen molar-refractivity contribution in [1.29, 1.82) is 0 Å². The molecule has 0 aromatic heterocycles. The fraction of sp³-hybridized carbons (Fsp3) is 0.138. The van der Waals surface area contributed by atoms with Crippen LogP contribution in [0.2, 0.25) is 0 Å². The van der Waals surface area contributed by atoms with Crippen molar-refractivity contribution in [2.75, 3.05) is 6.61 Å². The van der Waals surface area contributed by atoms with E-state index in [0.717, 1.165) is 15.9 Å². The zero-order chi connectivity index (χ0) is 25.6. The van der Waals surface area contributed by atoms with Gasteiger partial charge in [-0.25, -0.2) is 0 Å². The van der Waals surface area contributed by atoms with Crippen molar-refractivity contribution < 1.29 is 14.5 Å². The van der Waals surface area contributed by atoms with E-state index in [1.54, 1.807) is 25.1 Å². The van der Waals surface area contributed by atoms with E-state index in [4.69, 9.17) is 4.74 Å². The summed E-state index contributed by atoms with van der Waals surface area (Å²) in [4.78, 5) is 25.5. The number of hydrogen-bond donors (Lipinski definition) is 0. The average Bonchev–Trinajstić information content (AvgIpc) is 2.93. The maximum absolute atomic E-state index is 14.0. The van der Waals surface area contributed by atoms with Gasteiger partial charge in [0.15, 0.2) is 0 Å². The van der Waals surface area contributed by atoms with E-state index in [-0.39, 0.29) is 18.7 Å². The Labute approximate surface area is 219 Å². The van der Waals surface area contributed by atoms with Gasteiger partial charge in [0, 0.05) is 0 Å². The second-order valence-corrected chi connectivity index (χ2v) is 17.2. The van der Waals surface area contributed by atoms with Gasteiger partial charge in [-0.2, -0.15) is 0 Å². The first-order valence-electron chi connectivity index (χ1n) is 11.7. The summed E-state index contributed by atoms with van der Waals surface area (Å²) in [6.07, 6.45) is 0.123. The maximum atomic E-state index is 14.0. The average molecular weight is 564 g/mol. The number of esters is 1. The molecule has 0 heterocycles. The molecule has 0 saturated carbocycles. The number of nitro benzene ring substituents is 1. The molecule has 0 radical (unpaired) electrons. The van der Waals surface area contributed by atoms with Crippen molar-refractivity contribution in [3.8, 4) is 0 Å². The number of hydrogen-bond acceptors (Lipinski definition) is 4. The SMILES string of the molecule is CCOC(=O)C(Cc1ccccc1[N+](=O)[O-])P(Br)(c1ccccc1)(c1ccccc1)c1ccccc1. The first kappa shape index (κ1) is 25.7. The molecule has 184 valence electrons. The molecule has 4 rings (SSSR count). The monoisotopic (exact) mass is 563 g/mol. The number of halogens is 1. The van der Waals surface area contributed by atoms with Crippen LogP contribution in [0.25, 0.3) is 0 Å². The third kappa shape index (κ3) is 4.36. The topological polar surface area (TPSA) is 69.4 Å². The van der Waals surface area contributed by atoms with Crippen LogP contribution in [0.3, 0.4) is 0 Å². The molecule has 0 aliphatic rings. The van der Waals surface area contributed by atoms with E-state index in [1.807, 2.05) is 91.0 Å². The van der Waals surface area contributed by atoms with E-state index in [9.17, 15) is 14.9 Å². The van der Waals surface area contributed by atoms with Gasteiger partial charge in [-0.15, -0.1) is 0 Å². The zero-order valence-electron chi connectivity index (χ0n) is 19.9. The van der Waals surface area contributed by atoms with Crippen molar-refractivity contribution in [2.45, 2.75) is 19.0 Å². The van der Waals surface area contributed by atoms with Crippen molar-refractivity contribution in [3.05, 3.63) is 131 Å². The molecule has 0 N–H and O–H groups in total. The second kappa shape index (κ2) is 10.7. The number of rotatable bonds is 9. The molecule has 0 aliphatic heterocycles. The molecule has 0 saturated heterocycles. The molecule has 1 atom stereocenters. The fourth-order valence-corrected chi connectivity index (χ4v) is 13.2. The van der Waals surface area contributed by atoms with E-state index in [2.05, 4.69) is 15.5 Å². The van der Waals surface area contributed by atoms with Crippen LogP contribution in [0.4, 0.5) is 5.69 Å². The normalized spacial score (nSPS) is 13.2. The Kier molecular flexibility index (Phi) is 7.67. The summed E-state index contributed by atoms with van der Waals surface area (Å²) in [7, 11) is 0. The number of ether oxygens (including phenoxy) is 1. The number of para-hydroxylation sites is 1. The molecule has 1 unspecified atom stereocenters. The van der Waals surface area contributed by atoms with Crippen LogP contribution >= 0.6 is 20.8 Å². The molecule has 0 spiro atoms. The van der Waals surface area contributed by atoms with Gasteiger partial charge in [0.05, 0.1) is 0 Å². The number of nitrogens with zero attached hydrogens (tertiary/aromatic N) is 1. The summed E-state index contributed by atoms with van der Waals surface area (Å²) in [6, 6.07) is 36.3. The molecular weight excluding hydrogens is 537 g/mol. The Morgan fingerprint density at radius 2 is 1.22 bits per heavy atom. The summed E-state index contributed by atoms with van der Waals surface area (Å²) in [5, 5.41) is 10.9. The van der Waals surface area contributed by atoms with Gasteiger partial charge >= 0.3 is 219 Å². The van der Waals surface area contributed by atoms with E-state index >= 15 is 0 Å². The van der Waals surface area contributed by atoms with Crippen molar-refractivity contribution in [2.24, 2.45) is 0 Å². The Morgan fingerprint density at radius 1 is 0.806 bits per heavy atom. The van der Waals surface area contributed by atoms with Crippen LogP contribution in [0.15, 0.2) is 115 Å². The molecule has 0 fully saturated rings. The summed E-state index contributed by atoms with van der Waals surface area (Å²) in [5.41, 5.74) is -0.306. The van der Waals surface area contributed by atoms with E-state index in [1.165, 1.54) is 6.07 Å². The van der Waals surface area contributed by atoms with Gasteiger partial charge in [0.1, 0.15) is 0 Å².